The summed E-state index contributed by atoms with van der Waals surface area (Å²) >= 11 is 0. The molecule has 2 amide bonds. The number of rotatable bonds is 5. The second-order valence-corrected chi connectivity index (χ2v) is 7.76. The number of piperidine rings is 1. The van der Waals surface area contributed by atoms with E-state index in [0.29, 0.717) is 24.4 Å². The van der Waals surface area contributed by atoms with Crippen molar-refractivity contribution in [3.8, 4) is 5.75 Å². The topological polar surface area (TPSA) is 58.6 Å². The molecule has 1 heterocycles. The standard InChI is InChI=1S/C25H26N2O3/c1-18-9-11-21(12-10-18)30-17-24(28)27-15-13-20(14-16-27)26-25(29)23-8-4-6-19-5-2-3-7-22(19)23/h2-12,20H,13-17H2,1H3,(H,26,29). The Bertz CT molecular complexity index is 1030. The minimum absolute atomic E-state index is 0.0191. The van der Waals surface area contributed by atoms with Crippen molar-refractivity contribution in [3.05, 3.63) is 77.9 Å². The molecule has 5 nitrogen and oxygen atoms in total. The van der Waals surface area contributed by atoms with E-state index in [0.717, 1.165) is 29.2 Å². The molecule has 0 radical (unpaired) electrons. The van der Waals surface area contributed by atoms with E-state index in [1.807, 2.05) is 78.6 Å². The van der Waals surface area contributed by atoms with E-state index in [2.05, 4.69) is 5.32 Å². The lowest BCUT2D eigenvalue weighted by atomic mass is 10.0. The van der Waals surface area contributed by atoms with Gasteiger partial charge in [0.05, 0.1) is 0 Å². The van der Waals surface area contributed by atoms with Gasteiger partial charge in [-0.05, 0) is 48.7 Å². The maximum absolute atomic E-state index is 12.8. The smallest absolute Gasteiger partial charge is 0.260 e. The summed E-state index contributed by atoms with van der Waals surface area (Å²) in [6.45, 7) is 3.29. The fourth-order valence-electron chi connectivity index (χ4n) is 3.83. The average molecular weight is 402 g/mol. The highest BCUT2D eigenvalue weighted by Gasteiger charge is 2.24. The maximum Gasteiger partial charge on any atom is 0.260 e. The number of nitrogens with one attached hydrogen (secondary N) is 1. The highest BCUT2D eigenvalue weighted by molar-refractivity contribution is 6.07. The summed E-state index contributed by atoms with van der Waals surface area (Å²) < 4.78 is 5.61. The molecule has 0 aromatic heterocycles. The molecule has 0 atom stereocenters. The van der Waals surface area contributed by atoms with Gasteiger partial charge >= 0.3 is 0 Å². The lowest BCUT2D eigenvalue weighted by Crippen LogP contribution is -2.47. The number of benzene rings is 3. The summed E-state index contributed by atoms with van der Waals surface area (Å²) in [5.41, 5.74) is 1.85. The number of amides is 2. The molecule has 0 bridgehead atoms. The number of hydrogen-bond acceptors (Lipinski definition) is 3. The molecule has 1 N–H and O–H groups in total. The third-order valence-corrected chi connectivity index (χ3v) is 5.60. The van der Waals surface area contributed by atoms with E-state index < -0.39 is 0 Å². The Morgan fingerprint density at radius 3 is 2.43 bits per heavy atom. The number of nitrogens with zero attached hydrogens (tertiary/aromatic N) is 1. The summed E-state index contributed by atoms with van der Waals surface area (Å²) in [6, 6.07) is 21.4. The van der Waals surface area contributed by atoms with E-state index in [1.54, 1.807) is 0 Å². The van der Waals surface area contributed by atoms with Crippen molar-refractivity contribution < 1.29 is 14.3 Å². The summed E-state index contributed by atoms with van der Waals surface area (Å²) in [4.78, 5) is 27.1. The molecule has 1 saturated heterocycles. The zero-order valence-corrected chi connectivity index (χ0v) is 17.1. The number of hydrogen-bond donors (Lipinski definition) is 1. The molecule has 0 spiro atoms. The van der Waals surface area contributed by atoms with Gasteiger partial charge in [0.2, 0.25) is 0 Å². The van der Waals surface area contributed by atoms with Crippen LogP contribution in [0.15, 0.2) is 66.7 Å². The van der Waals surface area contributed by atoms with Crippen LogP contribution >= 0.6 is 0 Å². The molecule has 3 aromatic rings. The van der Waals surface area contributed by atoms with Crippen LogP contribution in [0.2, 0.25) is 0 Å². The summed E-state index contributed by atoms with van der Waals surface area (Å²) in [5, 5.41) is 5.15. The van der Waals surface area contributed by atoms with Gasteiger partial charge in [0.1, 0.15) is 5.75 Å². The molecule has 1 aliphatic rings. The van der Waals surface area contributed by atoms with Crippen LogP contribution < -0.4 is 10.1 Å². The predicted molar refractivity (Wildman–Crippen MR) is 118 cm³/mol. The van der Waals surface area contributed by atoms with E-state index in [-0.39, 0.29) is 24.5 Å². The van der Waals surface area contributed by atoms with Crippen molar-refractivity contribution in [2.24, 2.45) is 0 Å². The summed E-state index contributed by atoms with van der Waals surface area (Å²) in [6.07, 6.45) is 1.49. The van der Waals surface area contributed by atoms with Crippen LogP contribution in [-0.4, -0.2) is 42.5 Å². The first-order valence-corrected chi connectivity index (χ1v) is 10.4. The van der Waals surface area contributed by atoms with Crippen LogP contribution in [0.3, 0.4) is 0 Å². The summed E-state index contributed by atoms with van der Waals surface area (Å²) in [5.74, 6) is 0.625. The van der Waals surface area contributed by atoms with Crippen molar-refractivity contribution >= 4 is 22.6 Å². The molecule has 3 aromatic carbocycles. The van der Waals surface area contributed by atoms with Gasteiger partial charge in [-0.25, -0.2) is 0 Å². The van der Waals surface area contributed by atoms with Gasteiger partial charge in [-0.1, -0.05) is 54.1 Å². The quantitative estimate of drug-likeness (QED) is 0.703. The third kappa shape index (κ3) is 4.62. The van der Waals surface area contributed by atoms with Crippen LogP contribution in [0, 0.1) is 6.92 Å². The minimum atomic E-state index is -0.0562. The molecule has 1 aliphatic heterocycles. The Balaban J connectivity index is 1.28. The lowest BCUT2D eigenvalue weighted by Gasteiger charge is -2.32. The number of likely N-dealkylation sites (tertiary alicyclic amines) is 1. The average Bonchev–Trinajstić information content (AvgIpc) is 2.78. The van der Waals surface area contributed by atoms with E-state index in [1.165, 1.54) is 0 Å². The van der Waals surface area contributed by atoms with Gasteiger partial charge in [0.25, 0.3) is 11.8 Å². The lowest BCUT2D eigenvalue weighted by molar-refractivity contribution is -0.134. The van der Waals surface area contributed by atoms with Crippen LogP contribution in [-0.2, 0) is 4.79 Å². The number of carbonyl (C=O) groups is 2. The Hall–Kier alpha value is -3.34. The molecule has 4 rings (SSSR count). The van der Waals surface area contributed by atoms with Gasteiger partial charge in [-0.3, -0.25) is 9.59 Å². The first-order chi connectivity index (χ1) is 14.6. The van der Waals surface area contributed by atoms with Gasteiger partial charge < -0.3 is 15.0 Å². The largest absolute Gasteiger partial charge is 0.484 e. The molecule has 154 valence electrons. The monoisotopic (exact) mass is 402 g/mol. The number of carbonyl (C=O) groups excluding carboxylic acids is 2. The second kappa shape index (κ2) is 8.99. The minimum Gasteiger partial charge on any atom is -0.484 e. The highest BCUT2D eigenvalue weighted by Crippen LogP contribution is 2.19. The van der Waals surface area contributed by atoms with Gasteiger partial charge in [-0.2, -0.15) is 0 Å². The molecule has 0 unspecified atom stereocenters. The normalized spacial score (nSPS) is 14.5. The van der Waals surface area contributed by atoms with Crippen LogP contribution in [0.25, 0.3) is 10.8 Å². The second-order valence-electron chi connectivity index (χ2n) is 7.76. The van der Waals surface area contributed by atoms with E-state index >= 15 is 0 Å². The fourth-order valence-corrected chi connectivity index (χ4v) is 3.83. The molecule has 0 aliphatic carbocycles. The SMILES string of the molecule is Cc1ccc(OCC(=O)N2CCC(NC(=O)c3cccc4ccccc34)CC2)cc1. The molecular formula is C25H26N2O3. The van der Waals surface area contributed by atoms with Crippen LogP contribution in [0.4, 0.5) is 0 Å². The first-order valence-electron chi connectivity index (χ1n) is 10.4. The van der Waals surface area contributed by atoms with E-state index in [4.69, 9.17) is 4.74 Å². The zero-order valence-electron chi connectivity index (χ0n) is 17.1. The molecule has 0 saturated carbocycles. The van der Waals surface area contributed by atoms with Crippen molar-refractivity contribution in [2.45, 2.75) is 25.8 Å². The Kier molecular flexibility index (Phi) is 5.98. The molecule has 5 heteroatoms. The molecule has 1 fully saturated rings. The Labute approximate surface area is 176 Å². The Morgan fingerprint density at radius 1 is 0.967 bits per heavy atom. The highest BCUT2D eigenvalue weighted by atomic mass is 16.5. The van der Waals surface area contributed by atoms with Crippen LogP contribution in [0.5, 0.6) is 5.75 Å². The number of aryl methyl sites for hydroxylation is 1. The maximum atomic E-state index is 12.8. The summed E-state index contributed by atoms with van der Waals surface area (Å²) in [7, 11) is 0. The molecular weight excluding hydrogens is 376 g/mol. The number of ether oxygens (including phenoxy) is 1. The third-order valence-electron chi connectivity index (χ3n) is 5.60. The van der Waals surface area contributed by atoms with Crippen molar-refractivity contribution in [2.75, 3.05) is 19.7 Å². The zero-order chi connectivity index (χ0) is 20.9. The Morgan fingerprint density at radius 2 is 1.67 bits per heavy atom. The number of fused-ring (bicyclic) bond motifs is 1. The molecule has 30 heavy (non-hydrogen) atoms. The van der Waals surface area contributed by atoms with Crippen molar-refractivity contribution in [1.82, 2.24) is 10.2 Å². The van der Waals surface area contributed by atoms with Crippen molar-refractivity contribution in [3.63, 3.8) is 0 Å². The predicted octanol–water partition coefficient (Wildman–Crippen LogP) is 3.95. The van der Waals surface area contributed by atoms with Gasteiger partial charge in [0.15, 0.2) is 6.61 Å². The first kappa shape index (κ1) is 20.0. The van der Waals surface area contributed by atoms with Gasteiger partial charge in [0, 0.05) is 24.7 Å². The van der Waals surface area contributed by atoms with Gasteiger partial charge in [-0.15, -0.1) is 0 Å². The fraction of sp³-hybridized carbons (Fsp3) is 0.280. The van der Waals surface area contributed by atoms with Crippen molar-refractivity contribution in [1.29, 1.82) is 0 Å². The van der Waals surface area contributed by atoms with Crippen LogP contribution in [0.1, 0.15) is 28.8 Å². The van der Waals surface area contributed by atoms with E-state index in [9.17, 15) is 9.59 Å².